The number of aliphatic hydroxyl groups excluding tert-OH is 1. The fourth-order valence-electron chi connectivity index (χ4n) is 35.0. The topological polar surface area (TPSA) is 436 Å². The van der Waals surface area contributed by atoms with Crippen molar-refractivity contribution >= 4 is 79.7 Å². The number of fused-ring (bicyclic) bond motifs is 20. The SMILES string of the molecule is C.C.C.C.CC(=O)Nc1cnn(CC(=O)[C@H]2CC[C@H]3[C@@H]4CC[C@H]5C[C@](C)(O)CC[C@]5(C)[C@H]4CC[C@]23C)c1.CC(=O)OC(C)=O.CO.C[C@@]1(O)CC[C@@]2(C)[C@@H](CC[C@@H]3[C@@H]2CC[C@]2(C)[C@@H](C(=O)CBr)CC[C@@H]32)C1.C[C@@]1(O)CC[C@@]2(C)[C@@H](CC[C@@H]3[C@@H]2CC[C@]2(C)[C@@H](C(=O)Cn4cc(N)cn4)CC[C@@H]32)C1.C[C@@]1(O)CC[C@@]2(C)[C@@H](CC[C@@H]3[C@@H]2CC[C@]2(C)[C@@H](C(=O)Cn4cc([N+](=O)[O-])cn4)CC[C@@H]32)C1.O=[N+]([O-])c1cn[nH]c1. The number of ketones is 4. The van der Waals surface area contributed by atoms with Crippen LogP contribution in [0.25, 0.3) is 0 Å². The molecule has 4 aromatic heterocycles. The summed E-state index contributed by atoms with van der Waals surface area (Å²) < 4.78 is 8.79. The third-order valence-corrected chi connectivity index (χ3v) is 42.4. The number of nitrogens with one attached hydrogen (secondary N) is 2. The molecule has 0 radical (unpaired) electrons. The van der Waals surface area contributed by atoms with E-state index >= 15 is 0 Å². The fraction of sp³-hybridized carbons (Fsp3) is 0.829. The van der Waals surface area contributed by atoms with Gasteiger partial charge in [-0.15, -0.1) is 0 Å². The first-order valence-corrected chi connectivity index (χ1v) is 53.5. The molecule has 20 rings (SSSR count). The van der Waals surface area contributed by atoms with Crippen molar-refractivity contribution in [3.05, 3.63) is 69.8 Å². The van der Waals surface area contributed by atoms with Crippen LogP contribution in [0.3, 0.4) is 0 Å². The lowest BCUT2D eigenvalue weighted by molar-refractivity contribution is -0.385. The van der Waals surface area contributed by atoms with Crippen molar-refractivity contribution < 1.29 is 73.7 Å². The average molecular weight is 2040 g/mol. The molecule has 141 heavy (non-hydrogen) atoms. The average Bonchev–Trinajstić information content (AvgIpc) is 1.64. The van der Waals surface area contributed by atoms with Gasteiger partial charge in [-0.3, -0.25) is 72.9 Å². The number of Topliss-reactive ketones (excluding diaryl/α,β-unsaturated/α-hetero) is 4. The van der Waals surface area contributed by atoms with Crippen molar-refractivity contribution in [2.75, 3.05) is 23.5 Å². The number of alkyl halides is 1. The first kappa shape index (κ1) is 116. The molecule has 30 heteroatoms. The molecule has 0 saturated heterocycles. The van der Waals surface area contributed by atoms with E-state index in [4.69, 9.17) is 10.8 Å². The van der Waals surface area contributed by atoms with Crippen LogP contribution in [0.1, 0.15) is 365 Å². The number of anilines is 2. The van der Waals surface area contributed by atoms with E-state index in [2.05, 4.69) is 107 Å². The zero-order valence-corrected chi connectivity index (χ0v) is 86.7. The lowest BCUT2D eigenvalue weighted by Crippen LogP contribution is -2.55. The first-order chi connectivity index (χ1) is 64.3. The summed E-state index contributed by atoms with van der Waals surface area (Å²) in [6.45, 7) is 32.4. The molecule has 4 heterocycles. The molecule has 0 unspecified atom stereocenters. The second kappa shape index (κ2) is 44.6. The Morgan fingerprint density at radius 2 is 0.688 bits per heavy atom. The normalized spacial score (nSPS) is 41.7. The molecule has 4 aromatic rings. The summed E-state index contributed by atoms with van der Waals surface area (Å²) >= 11 is 3.43. The fourth-order valence-corrected chi connectivity index (χ4v) is 35.4. The highest BCUT2D eigenvalue weighted by Crippen LogP contribution is 2.74. The summed E-state index contributed by atoms with van der Waals surface area (Å²) in [6.07, 6.45) is 52.5. The van der Waals surface area contributed by atoms with Gasteiger partial charge in [0.25, 0.3) is 0 Å². The van der Waals surface area contributed by atoms with E-state index in [1.165, 1.54) is 166 Å². The van der Waals surface area contributed by atoms with Crippen molar-refractivity contribution in [1.29, 1.82) is 0 Å². The standard InChI is InChI=1S/C27H41N3O3.C25H37N3O4.C25H39N3O2.C22H35BrO2.C4H6O3.C3H3N3O2.CH4O.4CH4/c1-17(31)29-19-14-28-30(15-19)16-24(32)23-8-7-21-20-6-5-18-13-25(2,33)11-12-26(18,3)22(20)9-10-27(21,23)4;1-23(30)10-11-24(2)16(12-23)4-5-18-19-6-7-21(25(19,3)9-8-20(18)24)22(29)15-27-14-17(13-26-27)28(31)32;1-23(30)10-11-24(2)16(12-23)4-5-18-19-6-7-21(25(19,3)9-8-20(18)24)22(29)15-28-14-17(26)13-27-28;1-20(25)10-11-21(2)14(12-20)4-5-15-16-6-7-18(19(24)13-23)22(16,3)9-8-17(15)21;1-3(5)7-4(2)6;7-6(8)3-1-4-5-2-3;1-2;;;;/h14-15,18,20-23,33H,5-13,16H2,1-4H3,(H,29,31);13-14,16,18-21,30H,4-12,15H2,1-3H3;13-14,16,18-21,30H,4-12,15,26H2,1-3H3;14-18,25H,4-13H2,1-3H3;1-2H3;1-2H,(H,4,5);2H,1H3;4*1H4/t18-,20-,21-,22-,23+,25+,26-,27-;2*16-,18-,19-,20-,21+,23+,24-,25-;14-,15-,16-,17-,18+,20+,21-,22-;;;;;;;/m0000......./s1. The lowest BCUT2D eigenvalue weighted by atomic mass is 9.44. The number of amides is 1. The molecule has 16 aliphatic carbocycles. The number of nitrogen functional groups attached to an aromatic ring is 1. The van der Waals surface area contributed by atoms with Gasteiger partial charge in [-0.1, -0.05) is 101 Å². The van der Waals surface area contributed by atoms with E-state index in [1.807, 2.05) is 27.7 Å². The minimum Gasteiger partial charge on any atom is -0.400 e. The molecule has 0 aliphatic heterocycles. The van der Waals surface area contributed by atoms with E-state index in [9.17, 15) is 74.2 Å². The number of aromatic nitrogens is 8. The van der Waals surface area contributed by atoms with Gasteiger partial charge in [0.15, 0.2) is 17.3 Å². The lowest BCUT2D eigenvalue weighted by Gasteiger charge is -2.61. The number of carbonyl (C=O) groups is 7. The zero-order valence-electron chi connectivity index (χ0n) is 85.1. The number of aromatic amines is 1. The van der Waals surface area contributed by atoms with Crippen LogP contribution in [0, 0.1) is 182 Å². The number of rotatable bonds is 14. The number of H-pyrrole nitrogens is 1. The van der Waals surface area contributed by atoms with Gasteiger partial charge in [-0.25, -0.2) is 0 Å². The third kappa shape index (κ3) is 23.3. The number of carbonyl (C=O) groups excluding carboxylic acids is 7. The highest BCUT2D eigenvalue weighted by Gasteiger charge is 2.68. The smallest absolute Gasteiger partial charge is 0.310 e. The Morgan fingerprint density at radius 1 is 0.397 bits per heavy atom. The van der Waals surface area contributed by atoms with Crippen LogP contribution in [-0.4, -0.2) is 151 Å². The summed E-state index contributed by atoms with van der Waals surface area (Å²) in [4.78, 5) is 103. The van der Waals surface area contributed by atoms with Gasteiger partial charge in [0.2, 0.25) is 5.91 Å². The van der Waals surface area contributed by atoms with Gasteiger partial charge in [0.05, 0.1) is 80.6 Å². The predicted molar refractivity (Wildman–Crippen MR) is 552 cm³/mol. The van der Waals surface area contributed by atoms with Gasteiger partial charge >= 0.3 is 23.3 Å². The van der Waals surface area contributed by atoms with Crippen molar-refractivity contribution in [2.24, 2.45) is 162 Å². The van der Waals surface area contributed by atoms with Crippen LogP contribution in [0.4, 0.5) is 22.7 Å². The van der Waals surface area contributed by atoms with E-state index in [-0.39, 0.29) is 111 Å². The molecule has 16 aliphatic rings. The van der Waals surface area contributed by atoms with Crippen LogP contribution >= 0.6 is 15.9 Å². The number of esters is 2. The van der Waals surface area contributed by atoms with Gasteiger partial charge < -0.3 is 41.3 Å². The predicted octanol–water partition coefficient (Wildman–Crippen LogP) is 22.0. The number of nitrogens with two attached hydrogens (primary N) is 1. The maximum atomic E-state index is 13.5. The molecule has 32 atom stereocenters. The molecule has 16 saturated carbocycles. The maximum absolute atomic E-state index is 13.5. The monoisotopic (exact) mass is 2030 g/mol. The van der Waals surface area contributed by atoms with Crippen LogP contribution in [0.2, 0.25) is 0 Å². The molecule has 1 amide bonds. The second-order valence-corrected chi connectivity index (χ2v) is 50.2. The highest BCUT2D eigenvalue weighted by molar-refractivity contribution is 9.09. The number of halogens is 1. The molecular formula is C111H181BrN12O17. The second-order valence-electron chi connectivity index (χ2n) is 49.7. The summed E-state index contributed by atoms with van der Waals surface area (Å²) in [5.41, 5.74) is 7.04. The van der Waals surface area contributed by atoms with E-state index < -0.39 is 44.2 Å². The van der Waals surface area contributed by atoms with Gasteiger partial charge in [-0.2, -0.15) is 20.4 Å². The van der Waals surface area contributed by atoms with Crippen molar-refractivity contribution in [2.45, 2.75) is 407 Å². The molecular weight excluding hydrogens is 1850 g/mol. The van der Waals surface area contributed by atoms with Crippen LogP contribution in [0.5, 0.6) is 0 Å². The first-order valence-electron chi connectivity index (χ1n) is 52.4. The summed E-state index contributed by atoms with van der Waals surface area (Å²) in [5, 5.41) is 92.0. The highest BCUT2D eigenvalue weighted by atomic mass is 79.9. The van der Waals surface area contributed by atoms with Crippen molar-refractivity contribution in [1.82, 2.24) is 39.5 Å². The minimum atomic E-state index is -0.562. The minimum absolute atomic E-state index is 0. The quantitative estimate of drug-likeness (QED) is 0.0191. The molecule has 794 valence electrons. The Balaban J connectivity index is 0.000000182. The molecule has 9 N–H and O–H groups in total. The molecule has 29 nitrogen and oxygen atoms in total. The van der Waals surface area contributed by atoms with Crippen molar-refractivity contribution in [3.8, 4) is 0 Å². The number of hydrogen-bond donors (Lipinski definition) is 8. The Labute approximate surface area is 849 Å². The van der Waals surface area contributed by atoms with Crippen molar-refractivity contribution in [3.63, 3.8) is 0 Å². The number of hydrogen-bond acceptors (Lipinski definition) is 22. The van der Waals surface area contributed by atoms with Crippen LogP contribution in [-0.2, 0) is 57.9 Å². The third-order valence-electron chi connectivity index (χ3n) is 41.9. The summed E-state index contributed by atoms with van der Waals surface area (Å²) in [6, 6.07) is 0. The largest absolute Gasteiger partial charge is 0.400 e. The Bertz CT molecular complexity index is 4970. The Morgan fingerprint density at radius 3 is 0.943 bits per heavy atom. The van der Waals surface area contributed by atoms with Gasteiger partial charge in [0, 0.05) is 63.9 Å². The Kier molecular flexibility index (Phi) is 36.7. The summed E-state index contributed by atoms with van der Waals surface area (Å²) in [7, 11) is 1.00. The van der Waals surface area contributed by atoms with E-state index in [0.717, 1.165) is 164 Å². The molecule has 0 aromatic carbocycles. The van der Waals surface area contributed by atoms with Crippen LogP contribution in [0.15, 0.2) is 49.6 Å². The zero-order chi connectivity index (χ0) is 99.7. The number of ether oxygens (including phenoxy) is 1. The van der Waals surface area contributed by atoms with Gasteiger partial charge in [-0.05, 0) is 397 Å². The number of nitrogens with zero attached hydrogens (tertiary/aromatic N) is 9. The van der Waals surface area contributed by atoms with Crippen LogP contribution < -0.4 is 11.1 Å². The molecule has 16 fully saturated rings. The number of aliphatic hydroxyl groups is 5. The van der Waals surface area contributed by atoms with E-state index in [1.54, 1.807) is 34.2 Å². The Hall–Kier alpha value is -6.99. The summed E-state index contributed by atoms with van der Waals surface area (Å²) in [5.74, 6) is 11.9. The maximum Gasteiger partial charge on any atom is 0.310 e. The van der Waals surface area contributed by atoms with Gasteiger partial charge in [0.1, 0.15) is 30.9 Å². The number of nitro groups is 2. The molecule has 0 bridgehead atoms. The molecule has 0 spiro atoms. The van der Waals surface area contributed by atoms with E-state index in [0.29, 0.717) is 116 Å².